The topological polar surface area (TPSA) is 44.0 Å². The molecule has 0 aliphatic rings. The molecule has 2 atom stereocenters. The Hall–Kier alpha value is -1.73. The first kappa shape index (κ1) is 27.5. The van der Waals surface area contributed by atoms with Crippen LogP contribution in [0.1, 0.15) is 81.7 Å². The van der Waals surface area contributed by atoms with Gasteiger partial charge in [0.15, 0.2) is 0 Å². The Bertz CT molecular complexity index is 1000. The first-order valence-corrected chi connectivity index (χ1v) is 12.7. The van der Waals surface area contributed by atoms with Gasteiger partial charge >= 0.3 is 0 Å². The number of nitrogens with zero attached hydrogens (tertiary/aromatic N) is 1. The van der Waals surface area contributed by atoms with E-state index in [-0.39, 0.29) is 23.9 Å². The number of benzene rings is 2. The summed E-state index contributed by atoms with van der Waals surface area (Å²) in [6, 6.07) is 14.2. The normalized spacial score (nSPS) is 13.6. The lowest BCUT2D eigenvalue weighted by Crippen LogP contribution is -2.27. The summed E-state index contributed by atoms with van der Waals surface area (Å²) in [6.07, 6.45) is 3.40. The van der Waals surface area contributed by atoms with Gasteiger partial charge in [-0.3, -0.25) is 0 Å². The van der Waals surface area contributed by atoms with E-state index in [4.69, 9.17) is 23.8 Å². The number of thiocarbonyl (C=S) groups is 1. The second-order valence-corrected chi connectivity index (χ2v) is 11.6. The molecular formula is C29H38ClNOS. The predicted octanol–water partition coefficient (Wildman–Crippen LogP) is 7.71. The highest BCUT2D eigenvalue weighted by atomic mass is 35.5. The zero-order valence-electron chi connectivity index (χ0n) is 20.9. The molecule has 0 heterocycles. The Morgan fingerprint density at radius 1 is 1.09 bits per heavy atom. The van der Waals surface area contributed by atoms with Crippen molar-refractivity contribution in [3.63, 3.8) is 0 Å². The lowest BCUT2D eigenvalue weighted by atomic mass is 9.79. The molecule has 178 valence electrons. The van der Waals surface area contributed by atoms with Crippen LogP contribution in [0.15, 0.2) is 36.4 Å². The molecule has 0 aliphatic heterocycles. The van der Waals surface area contributed by atoms with Crippen LogP contribution in [-0.2, 0) is 19.3 Å². The van der Waals surface area contributed by atoms with Gasteiger partial charge in [0.25, 0.3) is 0 Å². The maximum atomic E-state index is 10.4. The Morgan fingerprint density at radius 2 is 1.76 bits per heavy atom. The lowest BCUT2D eigenvalue weighted by Gasteiger charge is -2.27. The van der Waals surface area contributed by atoms with E-state index in [1.54, 1.807) is 18.2 Å². The maximum Gasteiger partial charge on any atom is 0.0995 e. The van der Waals surface area contributed by atoms with Crippen LogP contribution >= 0.6 is 23.8 Å². The predicted molar refractivity (Wildman–Crippen MR) is 144 cm³/mol. The average Bonchev–Trinajstić information content (AvgIpc) is 2.76. The van der Waals surface area contributed by atoms with Crippen molar-refractivity contribution in [2.24, 2.45) is 17.3 Å². The molecule has 0 aromatic heterocycles. The van der Waals surface area contributed by atoms with Crippen LogP contribution < -0.4 is 0 Å². The molecule has 4 heteroatoms. The summed E-state index contributed by atoms with van der Waals surface area (Å²) in [5, 5.41) is 20.4. The molecule has 2 aromatic rings. The fourth-order valence-corrected chi connectivity index (χ4v) is 4.87. The second-order valence-electron chi connectivity index (χ2n) is 10.7. The molecule has 0 saturated heterocycles. The fourth-order valence-electron chi connectivity index (χ4n) is 4.29. The van der Waals surface area contributed by atoms with Crippen molar-refractivity contribution in [1.82, 2.24) is 0 Å². The van der Waals surface area contributed by atoms with Crippen molar-refractivity contribution < 1.29 is 5.11 Å². The monoisotopic (exact) mass is 483 g/mol. The molecule has 1 unspecified atom stereocenters. The van der Waals surface area contributed by atoms with E-state index in [2.05, 4.69) is 65.8 Å². The molecule has 1 N–H and O–H groups in total. The van der Waals surface area contributed by atoms with Gasteiger partial charge in [-0.1, -0.05) is 89.6 Å². The van der Waals surface area contributed by atoms with Crippen molar-refractivity contribution in [3.8, 4) is 6.07 Å². The van der Waals surface area contributed by atoms with Crippen LogP contribution in [0, 0.1) is 28.6 Å². The lowest BCUT2D eigenvalue weighted by molar-refractivity contribution is 0.204. The zero-order valence-corrected chi connectivity index (χ0v) is 22.5. The number of halogens is 1. The Morgan fingerprint density at radius 3 is 2.33 bits per heavy atom. The molecule has 2 nitrogen and oxygen atoms in total. The van der Waals surface area contributed by atoms with Crippen LogP contribution in [0.25, 0.3) is 0 Å². The van der Waals surface area contributed by atoms with Gasteiger partial charge in [0.2, 0.25) is 0 Å². The first-order valence-electron chi connectivity index (χ1n) is 11.9. The van der Waals surface area contributed by atoms with Gasteiger partial charge in [-0.25, -0.2) is 0 Å². The smallest absolute Gasteiger partial charge is 0.0995 e. The summed E-state index contributed by atoms with van der Waals surface area (Å²) in [7, 11) is 0. The van der Waals surface area contributed by atoms with Crippen molar-refractivity contribution in [1.29, 1.82) is 5.26 Å². The van der Waals surface area contributed by atoms with E-state index in [0.29, 0.717) is 22.9 Å². The zero-order chi connectivity index (χ0) is 24.8. The highest BCUT2D eigenvalue weighted by Gasteiger charge is 2.25. The molecule has 2 rings (SSSR count). The molecule has 0 fully saturated rings. The molecule has 0 saturated carbocycles. The third kappa shape index (κ3) is 7.64. The van der Waals surface area contributed by atoms with Crippen molar-refractivity contribution in [2.45, 2.75) is 73.1 Å². The average molecular weight is 484 g/mol. The number of rotatable bonds is 10. The van der Waals surface area contributed by atoms with Gasteiger partial charge in [-0.15, -0.1) is 0 Å². The van der Waals surface area contributed by atoms with E-state index in [1.807, 2.05) is 0 Å². The number of aryl methyl sites for hydroxylation is 1. The van der Waals surface area contributed by atoms with Crippen molar-refractivity contribution >= 4 is 28.7 Å². The summed E-state index contributed by atoms with van der Waals surface area (Å²) in [5.74, 6) is 0.444. The van der Waals surface area contributed by atoms with Gasteiger partial charge in [0.05, 0.1) is 11.6 Å². The molecular weight excluding hydrogens is 446 g/mol. The molecule has 0 spiro atoms. The number of hydrogen-bond donors (Lipinski definition) is 1. The molecule has 33 heavy (non-hydrogen) atoms. The summed E-state index contributed by atoms with van der Waals surface area (Å²) in [4.78, 5) is 0.830. The summed E-state index contributed by atoms with van der Waals surface area (Å²) >= 11 is 12.2. The number of nitriles is 1. The standard InChI is InChI=1S/C29H38ClNOS/c1-19(2)24-11-7-9-21(13-14-29(4,5)6)25(24)15-23(18-32)20(3)28(33)16-26-22(17-31)10-8-12-27(26)30/h7-12,19-20,23,32H,13-16,18H2,1-6H3/t20?,23-/m1/s1. The van der Waals surface area contributed by atoms with Crippen molar-refractivity contribution in [2.75, 3.05) is 6.61 Å². The summed E-state index contributed by atoms with van der Waals surface area (Å²) < 4.78 is 0. The van der Waals surface area contributed by atoms with E-state index in [1.165, 1.54) is 16.7 Å². The van der Waals surface area contributed by atoms with Gasteiger partial charge in [-0.2, -0.15) is 5.26 Å². The number of hydrogen-bond acceptors (Lipinski definition) is 3. The van der Waals surface area contributed by atoms with Gasteiger partial charge in [0.1, 0.15) is 0 Å². The first-order chi connectivity index (χ1) is 15.5. The highest BCUT2D eigenvalue weighted by molar-refractivity contribution is 7.80. The van der Waals surface area contributed by atoms with Crippen LogP contribution in [0.4, 0.5) is 0 Å². The second kappa shape index (κ2) is 12.1. The number of aliphatic hydroxyl groups excluding tert-OH is 1. The van der Waals surface area contributed by atoms with Gasteiger partial charge < -0.3 is 5.11 Å². The molecule has 2 aromatic carbocycles. The fraction of sp³-hybridized carbons (Fsp3) is 0.517. The Balaban J connectivity index is 2.31. The van der Waals surface area contributed by atoms with Crippen LogP contribution in [-0.4, -0.2) is 16.6 Å². The van der Waals surface area contributed by atoms with E-state index >= 15 is 0 Å². The Labute approximate surface area is 211 Å². The highest BCUT2D eigenvalue weighted by Crippen LogP contribution is 2.32. The minimum atomic E-state index is 0.0128. The summed E-state index contributed by atoms with van der Waals surface area (Å²) in [5.41, 5.74) is 5.71. The molecule has 0 bridgehead atoms. The third-order valence-corrected chi connectivity index (χ3v) is 7.45. The molecule has 0 aliphatic carbocycles. The third-order valence-electron chi connectivity index (χ3n) is 6.58. The van der Waals surface area contributed by atoms with Crippen LogP contribution in [0.3, 0.4) is 0 Å². The van der Waals surface area contributed by atoms with Crippen LogP contribution in [0.2, 0.25) is 5.02 Å². The Kier molecular flexibility index (Phi) is 10.1. The molecule has 0 radical (unpaired) electrons. The largest absolute Gasteiger partial charge is 0.396 e. The number of aliphatic hydroxyl groups is 1. The SMILES string of the molecule is CC(C)c1cccc(CCC(C)(C)C)c1C[C@H](CO)C(C)C(=S)Cc1c(Cl)cccc1C#N. The van der Waals surface area contributed by atoms with E-state index in [9.17, 15) is 10.4 Å². The molecule has 0 amide bonds. The van der Waals surface area contributed by atoms with Gasteiger partial charge in [-0.05, 0) is 76.8 Å². The minimum absolute atomic E-state index is 0.0128. The maximum absolute atomic E-state index is 10.4. The quantitative estimate of drug-likeness (QED) is 0.352. The summed E-state index contributed by atoms with van der Waals surface area (Å²) in [6.45, 7) is 13.5. The van der Waals surface area contributed by atoms with Crippen molar-refractivity contribution in [3.05, 3.63) is 69.2 Å². The van der Waals surface area contributed by atoms with Gasteiger partial charge in [0, 0.05) is 22.9 Å². The van der Waals surface area contributed by atoms with Crippen LogP contribution in [0.5, 0.6) is 0 Å². The van der Waals surface area contributed by atoms with E-state index < -0.39 is 0 Å². The van der Waals surface area contributed by atoms with E-state index in [0.717, 1.165) is 29.7 Å². The minimum Gasteiger partial charge on any atom is -0.396 e.